The van der Waals surface area contributed by atoms with Crippen LogP contribution in [0, 0.1) is 10.1 Å². The third-order valence-electron chi connectivity index (χ3n) is 1.94. The molecule has 0 aliphatic heterocycles. The topological polar surface area (TPSA) is 107 Å². The van der Waals surface area contributed by atoms with Crippen molar-refractivity contribution in [2.75, 3.05) is 0 Å². The first-order valence-corrected chi connectivity index (χ1v) is 4.94. The highest BCUT2D eigenvalue weighted by molar-refractivity contribution is 6.32. The number of carbonyl (C=O) groups is 1. The Morgan fingerprint density at radius 1 is 1.65 bits per heavy atom. The highest BCUT2D eigenvalue weighted by Gasteiger charge is 2.17. The van der Waals surface area contributed by atoms with Gasteiger partial charge in [0.05, 0.1) is 16.0 Å². The second-order valence-corrected chi connectivity index (χ2v) is 3.55. The number of nitrogens with one attached hydrogen (secondary N) is 1. The Morgan fingerprint density at radius 3 is 2.82 bits per heavy atom. The number of hydrogen-bond donors (Lipinski definition) is 2. The molecule has 0 bridgehead atoms. The first kappa shape index (κ1) is 13.2. The molecule has 8 heteroatoms. The van der Waals surface area contributed by atoms with Gasteiger partial charge in [-0.2, -0.15) is 0 Å². The Labute approximate surface area is 102 Å². The van der Waals surface area contributed by atoms with E-state index in [2.05, 4.69) is 0 Å². The van der Waals surface area contributed by atoms with E-state index < -0.39 is 16.9 Å². The third kappa shape index (κ3) is 3.30. The van der Waals surface area contributed by atoms with E-state index >= 15 is 0 Å². The number of hydrazine groups is 1. The SMILES string of the molecule is CC(Oc1cc([N+](=O)[O-])ccc1Cl)C(=O)NN. The van der Waals surface area contributed by atoms with E-state index in [1.165, 1.54) is 19.1 Å². The van der Waals surface area contributed by atoms with Gasteiger partial charge in [-0.3, -0.25) is 20.3 Å². The van der Waals surface area contributed by atoms with Crippen LogP contribution < -0.4 is 16.0 Å². The van der Waals surface area contributed by atoms with Crippen LogP contribution in [0.5, 0.6) is 5.75 Å². The number of rotatable bonds is 4. The minimum atomic E-state index is -0.903. The lowest BCUT2D eigenvalue weighted by molar-refractivity contribution is -0.384. The molecule has 1 rings (SSSR count). The summed E-state index contributed by atoms with van der Waals surface area (Å²) in [5.74, 6) is 4.41. The number of nitrogens with two attached hydrogens (primary N) is 1. The van der Waals surface area contributed by atoms with Crippen LogP contribution in [0.2, 0.25) is 5.02 Å². The van der Waals surface area contributed by atoms with Crippen molar-refractivity contribution in [2.45, 2.75) is 13.0 Å². The second kappa shape index (κ2) is 5.46. The van der Waals surface area contributed by atoms with E-state index in [0.717, 1.165) is 6.07 Å². The molecule has 1 amide bonds. The van der Waals surface area contributed by atoms with Gasteiger partial charge in [0, 0.05) is 6.07 Å². The van der Waals surface area contributed by atoms with Gasteiger partial charge < -0.3 is 4.74 Å². The number of ether oxygens (including phenoxy) is 1. The summed E-state index contributed by atoms with van der Waals surface area (Å²) in [4.78, 5) is 21.1. The number of nitrogens with zero attached hydrogens (tertiary/aromatic N) is 1. The maximum atomic E-state index is 11.1. The minimum absolute atomic E-state index is 0.0527. The van der Waals surface area contributed by atoms with Crippen molar-refractivity contribution in [1.29, 1.82) is 0 Å². The van der Waals surface area contributed by atoms with Crippen molar-refractivity contribution in [3.8, 4) is 5.75 Å². The quantitative estimate of drug-likeness (QED) is 0.363. The fourth-order valence-corrected chi connectivity index (χ4v) is 1.22. The van der Waals surface area contributed by atoms with Crippen molar-refractivity contribution < 1.29 is 14.5 Å². The van der Waals surface area contributed by atoms with Crippen LogP contribution in [0.1, 0.15) is 6.92 Å². The molecular formula is C9H10ClN3O4. The van der Waals surface area contributed by atoms with Gasteiger partial charge in [-0.15, -0.1) is 0 Å². The van der Waals surface area contributed by atoms with Gasteiger partial charge in [0.1, 0.15) is 5.75 Å². The van der Waals surface area contributed by atoms with E-state index in [0.29, 0.717) is 0 Å². The lowest BCUT2D eigenvalue weighted by Gasteiger charge is -2.13. The van der Waals surface area contributed by atoms with Crippen LogP contribution in [0.25, 0.3) is 0 Å². The van der Waals surface area contributed by atoms with Gasteiger partial charge in [-0.05, 0) is 13.0 Å². The van der Waals surface area contributed by atoms with Crippen molar-refractivity contribution in [3.63, 3.8) is 0 Å². The summed E-state index contributed by atoms with van der Waals surface area (Å²) in [6.45, 7) is 1.44. The van der Waals surface area contributed by atoms with E-state index in [9.17, 15) is 14.9 Å². The summed E-state index contributed by atoms with van der Waals surface area (Å²) >= 11 is 5.78. The van der Waals surface area contributed by atoms with Crippen molar-refractivity contribution in [3.05, 3.63) is 33.3 Å². The molecule has 92 valence electrons. The van der Waals surface area contributed by atoms with Crippen LogP contribution in [-0.4, -0.2) is 16.9 Å². The van der Waals surface area contributed by atoms with Gasteiger partial charge >= 0.3 is 0 Å². The molecule has 0 aliphatic rings. The van der Waals surface area contributed by atoms with Crippen LogP contribution in [0.15, 0.2) is 18.2 Å². The van der Waals surface area contributed by atoms with E-state index in [1.807, 2.05) is 5.43 Å². The number of non-ortho nitro benzene ring substituents is 1. The normalized spacial score (nSPS) is 11.7. The molecule has 0 heterocycles. The minimum Gasteiger partial charge on any atom is -0.479 e. The molecule has 0 saturated carbocycles. The summed E-state index contributed by atoms with van der Waals surface area (Å²) < 4.78 is 5.16. The predicted octanol–water partition coefficient (Wildman–Crippen LogP) is 1.01. The standard InChI is InChI=1S/C9H10ClN3O4/c1-5(9(14)12-11)17-8-4-6(13(15)16)2-3-7(8)10/h2-5H,11H2,1H3,(H,12,14). The van der Waals surface area contributed by atoms with E-state index in [-0.39, 0.29) is 16.5 Å². The molecule has 0 radical (unpaired) electrons. The summed E-state index contributed by atoms with van der Waals surface area (Å²) in [5, 5.41) is 10.7. The molecule has 1 aromatic carbocycles. The second-order valence-electron chi connectivity index (χ2n) is 3.14. The molecule has 0 fully saturated rings. The van der Waals surface area contributed by atoms with Crippen molar-refractivity contribution in [2.24, 2.45) is 5.84 Å². The maximum Gasteiger partial charge on any atom is 0.274 e. The smallest absolute Gasteiger partial charge is 0.274 e. The first-order chi connectivity index (χ1) is 7.95. The zero-order chi connectivity index (χ0) is 13.0. The van der Waals surface area contributed by atoms with Crippen LogP contribution in [0.3, 0.4) is 0 Å². The fraction of sp³-hybridized carbons (Fsp3) is 0.222. The van der Waals surface area contributed by atoms with Crippen molar-refractivity contribution in [1.82, 2.24) is 5.43 Å². The number of amides is 1. The molecule has 7 nitrogen and oxygen atoms in total. The van der Waals surface area contributed by atoms with Crippen LogP contribution in [-0.2, 0) is 4.79 Å². The number of nitro groups is 1. The number of nitro benzene ring substituents is 1. The summed E-state index contributed by atoms with van der Waals surface area (Å²) in [6, 6.07) is 3.70. The Balaban J connectivity index is 2.93. The Bertz CT molecular complexity index is 452. The Kier molecular flexibility index (Phi) is 4.24. The summed E-state index contributed by atoms with van der Waals surface area (Å²) in [5.41, 5.74) is 1.72. The molecule has 1 atom stereocenters. The molecule has 0 aromatic heterocycles. The van der Waals surface area contributed by atoms with Gasteiger partial charge in [-0.25, -0.2) is 5.84 Å². The highest BCUT2D eigenvalue weighted by Crippen LogP contribution is 2.29. The van der Waals surface area contributed by atoms with Gasteiger partial charge in [0.25, 0.3) is 11.6 Å². The van der Waals surface area contributed by atoms with Gasteiger partial charge in [0.2, 0.25) is 0 Å². The lowest BCUT2D eigenvalue weighted by atomic mass is 10.3. The molecule has 0 aliphatic carbocycles. The molecular weight excluding hydrogens is 250 g/mol. The zero-order valence-corrected chi connectivity index (χ0v) is 9.60. The summed E-state index contributed by atoms with van der Waals surface area (Å²) in [6.07, 6.45) is -0.903. The lowest BCUT2D eigenvalue weighted by Crippen LogP contribution is -2.40. The maximum absolute atomic E-state index is 11.1. The first-order valence-electron chi connectivity index (χ1n) is 4.56. The monoisotopic (exact) mass is 259 g/mol. The zero-order valence-electron chi connectivity index (χ0n) is 8.84. The average Bonchev–Trinajstić information content (AvgIpc) is 2.30. The number of hydrogen-bond acceptors (Lipinski definition) is 5. The number of benzene rings is 1. The number of carbonyl (C=O) groups excluding carboxylic acids is 1. The highest BCUT2D eigenvalue weighted by atomic mass is 35.5. The summed E-state index contributed by atoms with van der Waals surface area (Å²) in [7, 11) is 0. The fourth-order valence-electron chi connectivity index (χ4n) is 1.06. The Hall–Kier alpha value is -1.86. The molecule has 1 aromatic rings. The third-order valence-corrected chi connectivity index (χ3v) is 2.25. The molecule has 0 saturated heterocycles. The van der Waals surface area contributed by atoms with E-state index in [4.69, 9.17) is 22.2 Å². The largest absolute Gasteiger partial charge is 0.479 e. The van der Waals surface area contributed by atoms with Crippen LogP contribution >= 0.6 is 11.6 Å². The molecule has 3 N–H and O–H groups in total. The van der Waals surface area contributed by atoms with Gasteiger partial charge in [-0.1, -0.05) is 11.6 Å². The predicted molar refractivity (Wildman–Crippen MR) is 60.5 cm³/mol. The average molecular weight is 260 g/mol. The number of halogens is 1. The molecule has 0 spiro atoms. The Morgan fingerprint density at radius 2 is 2.29 bits per heavy atom. The van der Waals surface area contributed by atoms with E-state index in [1.54, 1.807) is 0 Å². The van der Waals surface area contributed by atoms with Crippen molar-refractivity contribution >= 4 is 23.2 Å². The molecule has 1 unspecified atom stereocenters. The van der Waals surface area contributed by atoms with Gasteiger partial charge in [0.15, 0.2) is 6.10 Å². The molecule has 17 heavy (non-hydrogen) atoms. The van der Waals surface area contributed by atoms with Crippen LogP contribution in [0.4, 0.5) is 5.69 Å².